The molecule has 0 unspecified atom stereocenters. The van der Waals surface area contributed by atoms with Crippen LogP contribution in [0.1, 0.15) is 0 Å². The first-order chi connectivity index (χ1) is 3.42. The van der Waals surface area contributed by atoms with Gasteiger partial charge in [0.05, 0.1) is 0 Å². The summed E-state index contributed by atoms with van der Waals surface area (Å²) in [4.78, 5) is 31.1. The van der Waals surface area contributed by atoms with Gasteiger partial charge in [-0.05, 0) is 0 Å². The zero-order chi connectivity index (χ0) is 6.78. The summed E-state index contributed by atoms with van der Waals surface area (Å²) in [5.41, 5.74) is 0. The molecule has 0 rings (SSSR count). The van der Waals surface area contributed by atoms with Crippen LogP contribution in [0.2, 0.25) is 0 Å². The summed E-state index contributed by atoms with van der Waals surface area (Å²) in [5.74, 6) is 0. The van der Waals surface area contributed by atoms with E-state index in [4.69, 9.17) is 19.6 Å². The summed E-state index contributed by atoms with van der Waals surface area (Å²) in [7, 11) is -7.64. The van der Waals surface area contributed by atoms with Crippen LogP contribution in [0.4, 0.5) is 0 Å². The molecule has 0 heterocycles. The SMILES string of the molecule is O.O.O=P(O)(O)OP(O)O.[Zn]. The van der Waals surface area contributed by atoms with Gasteiger partial charge >= 0.3 is 16.4 Å². The molecule has 8 N–H and O–H groups in total. The van der Waals surface area contributed by atoms with Crippen LogP contribution in [0.5, 0.6) is 0 Å². The Morgan fingerprint density at radius 2 is 1.45 bits per heavy atom. The third kappa shape index (κ3) is 24.7. The van der Waals surface area contributed by atoms with Gasteiger partial charge in [-0.2, -0.15) is 0 Å². The van der Waals surface area contributed by atoms with Gasteiger partial charge in [0, 0.05) is 19.5 Å². The Hall–Kier alpha value is 1.00. The molecule has 0 saturated carbocycles. The van der Waals surface area contributed by atoms with Crippen LogP contribution in [0.15, 0.2) is 0 Å². The minimum absolute atomic E-state index is 0. The van der Waals surface area contributed by atoms with Gasteiger partial charge in [0.1, 0.15) is 0 Å². The second kappa shape index (κ2) is 9.09. The fraction of sp³-hybridized carbons (Fsp3) is 0. The summed E-state index contributed by atoms with van der Waals surface area (Å²) in [6.45, 7) is 0. The van der Waals surface area contributed by atoms with E-state index in [9.17, 15) is 4.57 Å². The molecule has 0 aromatic rings. The molecule has 0 aliphatic rings. The van der Waals surface area contributed by atoms with Gasteiger partial charge < -0.3 is 30.5 Å². The van der Waals surface area contributed by atoms with E-state index in [1.807, 2.05) is 0 Å². The van der Waals surface area contributed by atoms with Crippen LogP contribution in [-0.2, 0) is 28.4 Å². The van der Waals surface area contributed by atoms with Crippen LogP contribution in [-0.4, -0.2) is 30.5 Å². The third-order valence-electron chi connectivity index (χ3n) is 0.179. The van der Waals surface area contributed by atoms with E-state index in [1.54, 1.807) is 0 Å². The second-order valence-corrected chi connectivity index (χ2v) is 2.96. The van der Waals surface area contributed by atoms with Crippen molar-refractivity contribution >= 4 is 16.4 Å². The average molecular weight is 263 g/mol. The Morgan fingerprint density at radius 3 is 1.45 bits per heavy atom. The van der Waals surface area contributed by atoms with Gasteiger partial charge in [-0.3, -0.25) is 0 Å². The molecule has 11 heteroatoms. The predicted octanol–water partition coefficient (Wildman–Crippen LogP) is -2.34. The number of hydrogen-bond donors (Lipinski definition) is 4. The standard InChI is InChI=1S/H4O6P2.2H2O.Zn/c1-7(2)6-8(3,4)5;;;/h1-2H,(H2,3,4,5);2*1H2;. The van der Waals surface area contributed by atoms with E-state index in [0.29, 0.717) is 0 Å². The Balaban J connectivity index is -0.0000000817. The molecule has 0 amide bonds. The second-order valence-electron chi connectivity index (χ2n) is 0.825. The van der Waals surface area contributed by atoms with Crippen LogP contribution in [0.25, 0.3) is 0 Å². The first-order valence-electron chi connectivity index (χ1n) is 1.35. The Bertz CT molecular complexity index is 105. The van der Waals surface area contributed by atoms with Gasteiger partial charge in [0.15, 0.2) is 0 Å². The minimum atomic E-state index is -4.69. The van der Waals surface area contributed by atoms with Gasteiger partial charge in [-0.15, -0.1) is 0 Å². The van der Waals surface area contributed by atoms with E-state index in [2.05, 4.69) is 4.31 Å². The quantitative estimate of drug-likeness (QED) is 0.321. The van der Waals surface area contributed by atoms with Crippen LogP contribution in [0.3, 0.4) is 0 Å². The number of hydrogen-bond acceptors (Lipinski definition) is 4. The van der Waals surface area contributed by atoms with Gasteiger partial charge in [-0.25, -0.2) is 8.88 Å². The molecule has 0 aromatic heterocycles. The summed E-state index contributed by atoms with van der Waals surface area (Å²) >= 11 is 0. The third-order valence-corrected chi connectivity index (χ3v) is 1.61. The smallest absolute Gasteiger partial charge is 0.412 e. The van der Waals surface area contributed by atoms with Crippen molar-refractivity contribution in [3.63, 3.8) is 0 Å². The van der Waals surface area contributed by atoms with Gasteiger partial charge in [0.25, 0.3) is 0 Å². The van der Waals surface area contributed by atoms with Crippen molar-refractivity contribution in [3.05, 3.63) is 0 Å². The number of rotatable bonds is 2. The fourth-order valence-electron chi connectivity index (χ4n) is 0.0951. The largest absolute Gasteiger partial charge is 0.476 e. The van der Waals surface area contributed by atoms with Crippen molar-refractivity contribution in [2.24, 2.45) is 0 Å². The van der Waals surface area contributed by atoms with Crippen LogP contribution < -0.4 is 0 Å². The Morgan fingerprint density at radius 1 is 1.18 bits per heavy atom. The first kappa shape index (κ1) is 22.7. The molecule has 0 bridgehead atoms. The molecular weight excluding hydrogens is 255 g/mol. The van der Waals surface area contributed by atoms with Crippen molar-refractivity contribution in [1.29, 1.82) is 0 Å². The summed E-state index contributed by atoms with van der Waals surface area (Å²) < 4.78 is 12.9. The van der Waals surface area contributed by atoms with Gasteiger partial charge in [-0.1, -0.05) is 0 Å². The molecule has 68 valence electrons. The normalized spacial score (nSPS) is 9.18. The monoisotopic (exact) mass is 262 g/mol. The van der Waals surface area contributed by atoms with E-state index < -0.39 is 16.4 Å². The number of phosphoric acid groups is 1. The first-order valence-corrected chi connectivity index (χ1v) is 4.04. The maximum absolute atomic E-state index is 9.61. The van der Waals surface area contributed by atoms with Gasteiger partial charge in [0.2, 0.25) is 0 Å². The average Bonchev–Trinajstić information content (AvgIpc) is 1.21. The molecule has 0 aromatic carbocycles. The summed E-state index contributed by atoms with van der Waals surface area (Å²) in [5, 5.41) is 0. The van der Waals surface area contributed by atoms with Crippen molar-refractivity contribution < 1.29 is 58.9 Å². The molecular formula is H8O8P2Zn. The molecule has 0 fully saturated rings. The van der Waals surface area contributed by atoms with Crippen molar-refractivity contribution in [3.8, 4) is 0 Å². The molecule has 0 aliphatic heterocycles. The molecule has 0 radical (unpaired) electrons. The molecule has 8 nitrogen and oxygen atoms in total. The summed E-state index contributed by atoms with van der Waals surface area (Å²) in [6.07, 6.45) is 0. The van der Waals surface area contributed by atoms with E-state index >= 15 is 0 Å². The van der Waals surface area contributed by atoms with E-state index in [1.165, 1.54) is 0 Å². The van der Waals surface area contributed by atoms with E-state index in [0.717, 1.165) is 0 Å². The Labute approximate surface area is 75.8 Å². The van der Waals surface area contributed by atoms with Crippen LogP contribution >= 0.6 is 16.4 Å². The van der Waals surface area contributed by atoms with Crippen molar-refractivity contribution in [1.82, 2.24) is 0 Å². The maximum atomic E-state index is 9.61. The predicted molar refractivity (Wildman–Crippen MR) is 31.7 cm³/mol. The van der Waals surface area contributed by atoms with Crippen molar-refractivity contribution in [2.45, 2.75) is 0 Å². The molecule has 0 saturated heterocycles. The molecule has 0 spiro atoms. The fourth-order valence-corrected chi connectivity index (χ4v) is 0.856. The minimum Gasteiger partial charge on any atom is -0.412 e. The van der Waals surface area contributed by atoms with E-state index in [-0.39, 0.29) is 30.4 Å². The zero-order valence-electron chi connectivity index (χ0n) is 5.21. The van der Waals surface area contributed by atoms with Crippen LogP contribution in [0, 0.1) is 0 Å². The Kier molecular flexibility index (Phi) is 18.8. The summed E-state index contributed by atoms with van der Waals surface area (Å²) in [6, 6.07) is 0. The molecule has 0 atom stereocenters. The zero-order valence-corrected chi connectivity index (χ0v) is 9.96. The maximum Gasteiger partial charge on any atom is 0.476 e. The molecule has 11 heavy (non-hydrogen) atoms. The topological polar surface area (TPSA) is 170 Å². The molecule has 0 aliphatic carbocycles. The van der Waals surface area contributed by atoms with Crippen molar-refractivity contribution in [2.75, 3.05) is 0 Å².